The van der Waals surface area contributed by atoms with Crippen LogP contribution in [0.4, 0.5) is 0 Å². The van der Waals surface area contributed by atoms with Gasteiger partial charge >= 0.3 is 5.69 Å². The van der Waals surface area contributed by atoms with E-state index in [2.05, 4.69) is 30.9 Å². The molecular formula is C6H5BrN4O. The Labute approximate surface area is 75.6 Å². The Bertz CT molecular complexity index is 486. The molecular weight excluding hydrogens is 224 g/mol. The minimum absolute atomic E-state index is 0.377. The Balaban J connectivity index is 3.02. The topological polar surface area (TPSA) is 63.6 Å². The van der Waals surface area contributed by atoms with Gasteiger partial charge < -0.3 is 4.57 Å². The van der Waals surface area contributed by atoms with Crippen LogP contribution < -0.4 is 5.69 Å². The van der Waals surface area contributed by atoms with Gasteiger partial charge in [-0.1, -0.05) is 0 Å². The van der Waals surface area contributed by atoms with E-state index in [1.807, 2.05) is 0 Å². The maximum absolute atomic E-state index is 10.9. The number of rotatable bonds is 0. The summed E-state index contributed by atoms with van der Waals surface area (Å²) in [6.45, 7) is 0. The smallest absolute Gasteiger partial charge is 0.318 e. The Morgan fingerprint density at radius 3 is 3.17 bits per heavy atom. The number of nitrogens with zero attached hydrogens (tertiary/aromatic N) is 3. The average molecular weight is 229 g/mol. The van der Waals surface area contributed by atoms with Gasteiger partial charge in [-0.2, -0.15) is 4.98 Å². The summed E-state index contributed by atoms with van der Waals surface area (Å²) >= 11 is 3.19. The lowest BCUT2D eigenvalue weighted by Gasteiger charge is -1.92. The molecule has 0 aliphatic carbocycles. The maximum Gasteiger partial charge on any atom is 0.347 e. The van der Waals surface area contributed by atoms with Crippen LogP contribution in [-0.2, 0) is 7.05 Å². The third kappa shape index (κ3) is 0.953. The van der Waals surface area contributed by atoms with Gasteiger partial charge in [0.15, 0.2) is 5.65 Å². The molecule has 0 spiro atoms. The maximum atomic E-state index is 10.9. The van der Waals surface area contributed by atoms with E-state index in [9.17, 15) is 4.79 Å². The van der Waals surface area contributed by atoms with Crippen LogP contribution in [0.2, 0.25) is 0 Å². The van der Waals surface area contributed by atoms with Crippen molar-refractivity contribution in [2.45, 2.75) is 0 Å². The van der Waals surface area contributed by atoms with Gasteiger partial charge in [0, 0.05) is 7.05 Å². The van der Waals surface area contributed by atoms with Crippen LogP contribution in [0.25, 0.3) is 11.2 Å². The van der Waals surface area contributed by atoms with Crippen molar-refractivity contribution in [2.24, 2.45) is 7.05 Å². The largest absolute Gasteiger partial charge is 0.347 e. The van der Waals surface area contributed by atoms with Crippen molar-refractivity contribution in [3.63, 3.8) is 0 Å². The number of hydrogen-bond acceptors (Lipinski definition) is 3. The number of imidazole rings is 1. The lowest BCUT2D eigenvalue weighted by atomic mass is 10.6. The quantitative estimate of drug-likeness (QED) is 0.666. The van der Waals surface area contributed by atoms with E-state index in [1.54, 1.807) is 17.9 Å². The molecule has 0 aliphatic rings. The van der Waals surface area contributed by atoms with Gasteiger partial charge in [0.05, 0.1) is 6.33 Å². The molecule has 0 bridgehead atoms. The molecule has 2 aromatic heterocycles. The van der Waals surface area contributed by atoms with Crippen LogP contribution in [-0.4, -0.2) is 19.5 Å². The van der Waals surface area contributed by atoms with E-state index in [0.29, 0.717) is 15.8 Å². The van der Waals surface area contributed by atoms with E-state index in [1.165, 1.54) is 0 Å². The zero-order valence-corrected chi connectivity index (χ0v) is 7.79. The highest BCUT2D eigenvalue weighted by Gasteiger charge is 2.05. The van der Waals surface area contributed by atoms with Crippen molar-refractivity contribution in [3.8, 4) is 0 Å². The minimum Gasteiger partial charge on any atom is -0.318 e. The monoisotopic (exact) mass is 228 g/mol. The second-order valence-electron chi connectivity index (χ2n) is 2.38. The second-order valence-corrected chi connectivity index (χ2v) is 3.18. The molecule has 1 N–H and O–H groups in total. The van der Waals surface area contributed by atoms with E-state index in [0.717, 1.165) is 0 Å². The summed E-state index contributed by atoms with van der Waals surface area (Å²) in [6.07, 6.45) is 1.61. The van der Waals surface area contributed by atoms with Gasteiger partial charge in [0.1, 0.15) is 10.1 Å². The van der Waals surface area contributed by atoms with Crippen molar-refractivity contribution < 1.29 is 0 Å². The molecule has 2 heterocycles. The van der Waals surface area contributed by atoms with Gasteiger partial charge in [-0.05, 0) is 15.9 Å². The number of halogens is 1. The van der Waals surface area contributed by atoms with Crippen molar-refractivity contribution in [1.29, 1.82) is 0 Å². The zero-order valence-electron chi connectivity index (χ0n) is 6.21. The molecule has 0 amide bonds. The summed E-state index contributed by atoms with van der Waals surface area (Å²) in [5, 5.41) is 0. The van der Waals surface area contributed by atoms with E-state index in [4.69, 9.17) is 0 Å². The summed E-state index contributed by atoms with van der Waals surface area (Å²) in [6, 6.07) is 0. The molecule has 0 aliphatic heterocycles. The van der Waals surface area contributed by atoms with Gasteiger partial charge in [0.25, 0.3) is 0 Å². The van der Waals surface area contributed by atoms with E-state index in [-0.39, 0.29) is 5.69 Å². The third-order valence-corrected chi connectivity index (χ3v) is 2.11. The number of aromatic amines is 1. The van der Waals surface area contributed by atoms with Crippen LogP contribution in [0.15, 0.2) is 15.7 Å². The van der Waals surface area contributed by atoms with Gasteiger partial charge in [-0.15, -0.1) is 0 Å². The van der Waals surface area contributed by atoms with Crippen LogP contribution in [0.3, 0.4) is 0 Å². The molecule has 6 heteroatoms. The number of fused-ring (bicyclic) bond motifs is 1. The molecule has 0 saturated heterocycles. The van der Waals surface area contributed by atoms with Crippen molar-refractivity contribution in [1.82, 2.24) is 19.5 Å². The van der Waals surface area contributed by atoms with Crippen molar-refractivity contribution in [3.05, 3.63) is 21.4 Å². The Hall–Kier alpha value is -1.17. The standard InChI is InChI=1S/C6H5BrN4O/c1-11-2-8-3-4(7)9-6(12)10-5(3)11/h2H,1H3,(H,9,10,12). The predicted octanol–water partition coefficient (Wildman–Crippen LogP) is 0.419. The number of aryl methyl sites for hydroxylation is 1. The molecule has 12 heavy (non-hydrogen) atoms. The summed E-state index contributed by atoms with van der Waals surface area (Å²) < 4.78 is 2.26. The number of hydrogen-bond donors (Lipinski definition) is 1. The first-order valence-corrected chi connectivity index (χ1v) is 4.04. The molecule has 62 valence electrons. The summed E-state index contributed by atoms with van der Waals surface area (Å²) in [4.78, 5) is 21.2. The molecule has 0 saturated carbocycles. The first-order chi connectivity index (χ1) is 5.68. The molecule has 0 radical (unpaired) electrons. The van der Waals surface area contributed by atoms with Crippen molar-refractivity contribution >= 4 is 27.1 Å². The number of nitrogens with one attached hydrogen (secondary N) is 1. The molecule has 5 nitrogen and oxygen atoms in total. The molecule has 2 rings (SSSR count). The highest BCUT2D eigenvalue weighted by Crippen LogP contribution is 2.14. The fraction of sp³-hybridized carbons (Fsp3) is 0.167. The average Bonchev–Trinajstić information content (AvgIpc) is 2.33. The first-order valence-electron chi connectivity index (χ1n) is 3.25. The summed E-state index contributed by atoms with van der Waals surface area (Å²) in [5.41, 5.74) is 0.862. The lowest BCUT2D eigenvalue weighted by Crippen LogP contribution is -2.11. The molecule has 0 fully saturated rings. The fourth-order valence-corrected chi connectivity index (χ4v) is 1.44. The first kappa shape index (κ1) is 7.48. The second kappa shape index (κ2) is 2.41. The Morgan fingerprint density at radius 2 is 2.42 bits per heavy atom. The summed E-state index contributed by atoms with van der Waals surface area (Å²) in [5.74, 6) is 0. The third-order valence-electron chi connectivity index (χ3n) is 1.54. The van der Waals surface area contributed by atoms with Gasteiger partial charge in [-0.3, -0.25) is 4.98 Å². The van der Waals surface area contributed by atoms with E-state index < -0.39 is 0 Å². The zero-order chi connectivity index (χ0) is 8.72. The highest BCUT2D eigenvalue weighted by atomic mass is 79.9. The number of aromatic nitrogens is 4. The van der Waals surface area contributed by atoms with Gasteiger partial charge in [-0.25, -0.2) is 9.78 Å². The molecule has 0 atom stereocenters. The molecule has 2 aromatic rings. The highest BCUT2D eigenvalue weighted by molar-refractivity contribution is 9.10. The van der Waals surface area contributed by atoms with Crippen molar-refractivity contribution in [2.75, 3.05) is 0 Å². The van der Waals surface area contributed by atoms with Gasteiger partial charge in [0.2, 0.25) is 0 Å². The lowest BCUT2D eigenvalue weighted by molar-refractivity contribution is 0.920. The SMILES string of the molecule is Cn1cnc2c(Br)[nH]c(=O)nc21. The van der Waals surface area contributed by atoms with Crippen LogP contribution in [0.1, 0.15) is 0 Å². The van der Waals surface area contributed by atoms with E-state index >= 15 is 0 Å². The normalized spacial score (nSPS) is 10.8. The number of H-pyrrole nitrogens is 1. The molecule has 0 aromatic carbocycles. The summed E-state index contributed by atoms with van der Waals surface area (Å²) in [7, 11) is 1.79. The minimum atomic E-state index is -0.377. The van der Waals surface area contributed by atoms with Crippen LogP contribution in [0, 0.1) is 0 Å². The fourth-order valence-electron chi connectivity index (χ4n) is 0.988. The van der Waals surface area contributed by atoms with Crippen LogP contribution in [0.5, 0.6) is 0 Å². The Morgan fingerprint density at radius 1 is 1.67 bits per heavy atom. The van der Waals surface area contributed by atoms with Crippen LogP contribution >= 0.6 is 15.9 Å². The molecule has 0 unspecified atom stereocenters. The Kier molecular flexibility index (Phi) is 1.50. The predicted molar refractivity (Wildman–Crippen MR) is 46.8 cm³/mol.